The van der Waals surface area contributed by atoms with Gasteiger partial charge in [0.15, 0.2) is 5.58 Å². The lowest BCUT2D eigenvalue weighted by molar-refractivity contribution is -0.133. The maximum Gasteiger partial charge on any atom is 0.231 e. The van der Waals surface area contributed by atoms with E-state index in [4.69, 9.17) is 14.4 Å². The largest absolute Gasteiger partial charge is 0.436 e. The summed E-state index contributed by atoms with van der Waals surface area (Å²) in [7, 11) is 2.09. The van der Waals surface area contributed by atoms with Crippen molar-refractivity contribution in [2.75, 3.05) is 38.5 Å². The monoisotopic (exact) mass is 487 g/mol. The zero-order valence-corrected chi connectivity index (χ0v) is 21.4. The molecule has 0 spiro atoms. The van der Waals surface area contributed by atoms with Crippen molar-refractivity contribution in [1.82, 2.24) is 29.5 Å². The number of carbonyl (C=O) groups is 1. The number of para-hydroxylation sites is 2. The van der Waals surface area contributed by atoms with Crippen LogP contribution in [0.1, 0.15) is 27.2 Å². The summed E-state index contributed by atoms with van der Waals surface area (Å²) in [5, 5.41) is 7.96. The van der Waals surface area contributed by atoms with E-state index in [9.17, 15) is 4.79 Å². The summed E-state index contributed by atoms with van der Waals surface area (Å²) in [5.74, 6) is 1.41. The van der Waals surface area contributed by atoms with Crippen molar-refractivity contribution < 1.29 is 9.21 Å². The van der Waals surface area contributed by atoms with Crippen LogP contribution in [-0.4, -0.2) is 74.2 Å². The van der Waals surface area contributed by atoms with Crippen molar-refractivity contribution in [3.8, 4) is 22.6 Å². The molecule has 1 aliphatic heterocycles. The summed E-state index contributed by atoms with van der Waals surface area (Å²) in [6.07, 6.45) is 6.04. The van der Waals surface area contributed by atoms with Crippen molar-refractivity contribution >= 4 is 22.8 Å². The first kappa shape index (κ1) is 24.0. The number of piperazine rings is 1. The molecule has 3 aromatic heterocycles. The van der Waals surface area contributed by atoms with E-state index in [0.29, 0.717) is 24.7 Å². The van der Waals surface area contributed by atoms with Crippen molar-refractivity contribution in [1.29, 1.82) is 0 Å². The SMILES string of the molecule is CN1CCN(C(=O)CCn2cc(-c3cnc(NC(C)(C)C)c(-c4nc5ccccc5o4)c3)cn2)CC1. The number of rotatable bonds is 6. The third-order valence-corrected chi connectivity index (χ3v) is 6.28. The Balaban J connectivity index is 1.37. The number of fused-ring (bicyclic) bond motifs is 1. The smallest absolute Gasteiger partial charge is 0.231 e. The summed E-state index contributed by atoms with van der Waals surface area (Å²) in [4.78, 5) is 26.2. The number of carbonyl (C=O) groups excluding carboxylic acids is 1. The molecule has 0 saturated carbocycles. The lowest BCUT2D eigenvalue weighted by Crippen LogP contribution is -2.47. The Morgan fingerprint density at radius 3 is 2.61 bits per heavy atom. The molecule has 1 aromatic carbocycles. The van der Waals surface area contributed by atoms with Crippen LogP contribution in [-0.2, 0) is 11.3 Å². The van der Waals surface area contributed by atoms with Gasteiger partial charge in [-0.2, -0.15) is 5.10 Å². The number of likely N-dealkylation sites (N-methyl/N-ethyl adjacent to an activating group) is 1. The predicted molar refractivity (Wildman–Crippen MR) is 141 cm³/mol. The number of hydrogen-bond acceptors (Lipinski definition) is 7. The topological polar surface area (TPSA) is 92.3 Å². The lowest BCUT2D eigenvalue weighted by Gasteiger charge is -2.32. The van der Waals surface area contributed by atoms with E-state index in [1.807, 2.05) is 58.5 Å². The second-order valence-electron chi connectivity index (χ2n) is 10.4. The second-order valence-corrected chi connectivity index (χ2v) is 10.4. The van der Waals surface area contributed by atoms with Gasteiger partial charge in [-0.3, -0.25) is 9.48 Å². The highest BCUT2D eigenvalue weighted by Gasteiger charge is 2.21. The molecule has 0 bridgehead atoms. The average molecular weight is 488 g/mol. The van der Waals surface area contributed by atoms with Gasteiger partial charge in [-0.25, -0.2) is 9.97 Å². The molecule has 36 heavy (non-hydrogen) atoms. The molecule has 0 aliphatic carbocycles. The molecule has 1 saturated heterocycles. The van der Waals surface area contributed by atoms with Crippen LogP contribution in [0.2, 0.25) is 0 Å². The van der Waals surface area contributed by atoms with Crippen LogP contribution >= 0.6 is 0 Å². The number of nitrogens with zero attached hydrogens (tertiary/aromatic N) is 6. The van der Waals surface area contributed by atoms with Crippen LogP contribution in [0, 0.1) is 0 Å². The standard InChI is InChI=1S/C27H33N7O2/c1-27(2,3)31-25-21(26-30-22-7-5-6-8-23(22)36-26)15-19(16-28-25)20-17-29-34(18-20)10-9-24(35)33-13-11-32(4)12-14-33/h5-8,15-18H,9-14H2,1-4H3,(H,28,31). The third kappa shape index (κ3) is 5.41. The van der Waals surface area contributed by atoms with E-state index >= 15 is 0 Å². The van der Waals surface area contributed by atoms with E-state index in [1.165, 1.54) is 0 Å². The van der Waals surface area contributed by atoms with Crippen LogP contribution < -0.4 is 5.32 Å². The summed E-state index contributed by atoms with van der Waals surface area (Å²) in [5.41, 5.74) is 3.97. The Hall–Kier alpha value is -3.72. The van der Waals surface area contributed by atoms with Gasteiger partial charge in [0.05, 0.1) is 11.8 Å². The summed E-state index contributed by atoms with van der Waals surface area (Å²) < 4.78 is 7.90. The fraction of sp³-hybridized carbons (Fsp3) is 0.407. The van der Waals surface area contributed by atoms with Crippen LogP contribution in [0.15, 0.2) is 53.3 Å². The summed E-state index contributed by atoms with van der Waals surface area (Å²) in [6.45, 7) is 10.2. The zero-order valence-electron chi connectivity index (χ0n) is 21.4. The molecular formula is C27H33N7O2. The van der Waals surface area contributed by atoms with Crippen LogP contribution in [0.3, 0.4) is 0 Å². The molecule has 1 fully saturated rings. The average Bonchev–Trinajstić information content (AvgIpc) is 3.49. The van der Waals surface area contributed by atoms with Crippen LogP contribution in [0.5, 0.6) is 0 Å². The Morgan fingerprint density at radius 2 is 1.86 bits per heavy atom. The zero-order chi connectivity index (χ0) is 25.3. The number of hydrogen-bond donors (Lipinski definition) is 1. The molecule has 5 rings (SSSR count). The Kier molecular flexibility index (Phi) is 6.49. The minimum Gasteiger partial charge on any atom is -0.436 e. The van der Waals surface area contributed by atoms with Crippen LogP contribution in [0.4, 0.5) is 5.82 Å². The Bertz CT molecular complexity index is 1330. The van der Waals surface area contributed by atoms with Crippen molar-refractivity contribution in [2.45, 2.75) is 39.3 Å². The number of pyridine rings is 1. The van der Waals surface area contributed by atoms with Gasteiger partial charge in [-0.15, -0.1) is 0 Å². The first-order chi connectivity index (χ1) is 17.2. The third-order valence-electron chi connectivity index (χ3n) is 6.28. The summed E-state index contributed by atoms with van der Waals surface area (Å²) in [6, 6.07) is 9.75. The second kappa shape index (κ2) is 9.73. The van der Waals surface area contributed by atoms with Gasteiger partial charge < -0.3 is 19.5 Å². The number of oxazole rings is 1. The minimum atomic E-state index is -0.184. The first-order valence-corrected chi connectivity index (χ1v) is 12.4. The molecule has 1 aliphatic rings. The van der Waals surface area contributed by atoms with Gasteiger partial charge in [0.1, 0.15) is 11.3 Å². The molecule has 9 heteroatoms. The highest BCUT2D eigenvalue weighted by molar-refractivity contribution is 5.81. The molecule has 1 N–H and O–H groups in total. The summed E-state index contributed by atoms with van der Waals surface area (Å²) >= 11 is 0. The van der Waals surface area contributed by atoms with Crippen molar-refractivity contribution in [3.05, 3.63) is 48.9 Å². The van der Waals surface area contributed by atoms with Crippen molar-refractivity contribution in [3.63, 3.8) is 0 Å². The van der Waals surface area contributed by atoms with Gasteiger partial charge in [0.25, 0.3) is 0 Å². The number of benzene rings is 1. The molecule has 9 nitrogen and oxygen atoms in total. The van der Waals surface area contributed by atoms with E-state index in [2.05, 4.69) is 43.1 Å². The Morgan fingerprint density at radius 1 is 1.08 bits per heavy atom. The lowest BCUT2D eigenvalue weighted by atomic mass is 10.1. The van der Waals surface area contributed by atoms with Gasteiger partial charge in [0, 0.05) is 68.2 Å². The molecule has 1 amide bonds. The number of anilines is 1. The molecule has 188 valence electrons. The number of aromatic nitrogens is 4. The fourth-order valence-corrected chi connectivity index (χ4v) is 4.29. The fourth-order valence-electron chi connectivity index (χ4n) is 4.29. The minimum absolute atomic E-state index is 0.178. The van der Waals surface area contributed by atoms with Gasteiger partial charge in [-0.05, 0) is 46.0 Å². The van der Waals surface area contributed by atoms with E-state index in [-0.39, 0.29) is 11.4 Å². The van der Waals surface area contributed by atoms with Gasteiger partial charge in [-0.1, -0.05) is 12.1 Å². The first-order valence-electron chi connectivity index (χ1n) is 12.4. The van der Waals surface area contributed by atoms with E-state index < -0.39 is 0 Å². The van der Waals surface area contributed by atoms with Gasteiger partial charge >= 0.3 is 0 Å². The van der Waals surface area contributed by atoms with E-state index in [1.54, 1.807) is 0 Å². The Labute approximate surface area is 211 Å². The van der Waals surface area contributed by atoms with Crippen LogP contribution in [0.25, 0.3) is 33.7 Å². The molecule has 0 radical (unpaired) electrons. The van der Waals surface area contributed by atoms with Crippen molar-refractivity contribution in [2.24, 2.45) is 0 Å². The van der Waals surface area contributed by atoms with Gasteiger partial charge in [0.2, 0.25) is 11.8 Å². The molecule has 4 aromatic rings. The molecule has 0 unspecified atom stereocenters. The highest BCUT2D eigenvalue weighted by atomic mass is 16.3. The maximum atomic E-state index is 12.6. The quantitative estimate of drug-likeness (QED) is 0.437. The number of nitrogens with one attached hydrogen (secondary N) is 1. The molecule has 0 atom stereocenters. The maximum absolute atomic E-state index is 12.6. The molecular weight excluding hydrogens is 454 g/mol. The number of aryl methyl sites for hydroxylation is 1. The predicted octanol–water partition coefficient (Wildman–Crippen LogP) is 4.13. The van der Waals surface area contributed by atoms with E-state index in [0.717, 1.165) is 54.0 Å². The molecule has 4 heterocycles. The number of amides is 1. The normalized spacial score (nSPS) is 14.9. The highest BCUT2D eigenvalue weighted by Crippen LogP contribution is 2.33.